The van der Waals surface area contributed by atoms with Crippen LogP contribution in [0.25, 0.3) is 0 Å². The van der Waals surface area contributed by atoms with Gasteiger partial charge in [0, 0.05) is 12.1 Å². The summed E-state index contributed by atoms with van der Waals surface area (Å²) < 4.78 is 15.8. The van der Waals surface area contributed by atoms with E-state index in [-0.39, 0.29) is 24.9 Å². The first-order valence-corrected chi connectivity index (χ1v) is 5.92. The molecule has 3 N–H and O–H groups in total. The van der Waals surface area contributed by atoms with Gasteiger partial charge in [-0.15, -0.1) is 12.4 Å². The molecule has 0 aromatic heterocycles. The highest BCUT2D eigenvalue weighted by Crippen LogP contribution is 2.39. The molecule has 0 heterocycles. The van der Waals surface area contributed by atoms with Crippen molar-refractivity contribution in [3.63, 3.8) is 0 Å². The number of amides is 1. The highest BCUT2D eigenvalue weighted by Gasteiger charge is 2.15. The smallest absolute Gasteiger partial charge is 0.233 e. The Morgan fingerprint density at radius 2 is 1.80 bits per heavy atom. The second kappa shape index (κ2) is 9.28. The second-order valence-corrected chi connectivity index (χ2v) is 3.80. The largest absolute Gasteiger partial charge is 0.493 e. The summed E-state index contributed by atoms with van der Waals surface area (Å²) in [6.45, 7) is 0.477. The highest BCUT2D eigenvalue weighted by atomic mass is 35.5. The molecule has 7 heteroatoms. The van der Waals surface area contributed by atoms with Crippen LogP contribution in [0.5, 0.6) is 17.2 Å². The van der Waals surface area contributed by atoms with Crippen LogP contribution in [-0.2, 0) is 11.2 Å². The molecule has 0 saturated heterocycles. The molecule has 0 atom stereocenters. The fraction of sp³-hybridized carbons (Fsp3) is 0.462. The number of halogens is 1. The lowest BCUT2D eigenvalue weighted by Crippen LogP contribution is -2.31. The van der Waals surface area contributed by atoms with Crippen LogP contribution in [0.3, 0.4) is 0 Å². The van der Waals surface area contributed by atoms with Crippen LogP contribution in [0, 0.1) is 0 Å². The van der Waals surface area contributed by atoms with Crippen molar-refractivity contribution in [2.75, 3.05) is 34.4 Å². The quantitative estimate of drug-likeness (QED) is 0.777. The van der Waals surface area contributed by atoms with Gasteiger partial charge in [-0.3, -0.25) is 4.79 Å². The average Bonchev–Trinajstić information content (AvgIpc) is 2.45. The molecule has 0 bridgehead atoms. The van der Waals surface area contributed by atoms with Gasteiger partial charge in [-0.05, 0) is 12.5 Å². The zero-order valence-electron chi connectivity index (χ0n) is 11.9. The number of hydrogen-bond donors (Lipinski definition) is 2. The Morgan fingerprint density at radius 1 is 1.15 bits per heavy atom. The molecule has 20 heavy (non-hydrogen) atoms. The van der Waals surface area contributed by atoms with E-state index in [1.165, 1.54) is 0 Å². The van der Waals surface area contributed by atoms with Crippen LogP contribution >= 0.6 is 12.4 Å². The third kappa shape index (κ3) is 4.47. The topological polar surface area (TPSA) is 82.8 Å². The van der Waals surface area contributed by atoms with Gasteiger partial charge in [0.05, 0.1) is 27.9 Å². The lowest BCUT2D eigenvalue weighted by Gasteiger charge is -2.15. The summed E-state index contributed by atoms with van der Waals surface area (Å²) in [7, 11) is 4.69. The number of ether oxygens (including phenoxy) is 3. The Morgan fingerprint density at radius 3 is 2.30 bits per heavy atom. The number of methoxy groups -OCH3 is 3. The molecule has 6 nitrogen and oxygen atoms in total. The summed E-state index contributed by atoms with van der Waals surface area (Å²) in [6.07, 6.45) is 0.620. The van der Waals surface area contributed by atoms with E-state index in [1.807, 2.05) is 6.07 Å². The first-order chi connectivity index (χ1) is 9.17. The van der Waals surface area contributed by atoms with E-state index < -0.39 is 0 Å². The number of benzene rings is 1. The SMILES string of the molecule is COc1ccc(CCNC(=O)CN)c(OC)c1OC.Cl. The zero-order chi connectivity index (χ0) is 14.3. The fourth-order valence-corrected chi connectivity index (χ4v) is 1.77. The van der Waals surface area contributed by atoms with Crippen LogP contribution in [0.15, 0.2) is 12.1 Å². The minimum Gasteiger partial charge on any atom is -0.493 e. The molecule has 1 rings (SSSR count). The molecule has 0 aliphatic heterocycles. The van der Waals surface area contributed by atoms with Crippen molar-refractivity contribution in [1.29, 1.82) is 0 Å². The number of carbonyl (C=O) groups excluding carboxylic acids is 1. The maximum absolute atomic E-state index is 11.1. The number of nitrogens with two attached hydrogens (primary N) is 1. The Labute approximate surface area is 125 Å². The van der Waals surface area contributed by atoms with E-state index in [4.69, 9.17) is 19.9 Å². The minimum atomic E-state index is -0.181. The number of nitrogens with one attached hydrogen (secondary N) is 1. The third-order valence-electron chi connectivity index (χ3n) is 2.69. The Bertz CT molecular complexity index is 441. The van der Waals surface area contributed by atoms with Gasteiger partial charge in [-0.2, -0.15) is 0 Å². The molecule has 0 aliphatic carbocycles. The summed E-state index contributed by atoms with van der Waals surface area (Å²) in [5.41, 5.74) is 6.15. The van der Waals surface area contributed by atoms with Gasteiger partial charge in [0.2, 0.25) is 11.7 Å². The summed E-state index contributed by atoms with van der Waals surface area (Å²) in [4.78, 5) is 11.1. The van der Waals surface area contributed by atoms with Crippen LogP contribution in [0.1, 0.15) is 5.56 Å². The average molecular weight is 305 g/mol. The molecule has 0 radical (unpaired) electrons. The lowest BCUT2D eigenvalue weighted by atomic mass is 10.1. The van der Waals surface area contributed by atoms with E-state index >= 15 is 0 Å². The molecule has 0 spiro atoms. The summed E-state index contributed by atoms with van der Waals surface area (Å²) in [5, 5.41) is 2.71. The van der Waals surface area contributed by atoms with Crippen molar-refractivity contribution in [2.24, 2.45) is 5.73 Å². The maximum Gasteiger partial charge on any atom is 0.233 e. The molecule has 0 saturated carbocycles. The summed E-state index contributed by atoms with van der Waals surface area (Å²) in [6, 6.07) is 3.69. The normalized spacial score (nSPS) is 9.40. The van der Waals surface area contributed by atoms with Crippen LogP contribution in [0.2, 0.25) is 0 Å². The zero-order valence-corrected chi connectivity index (χ0v) is 12.7. The minimum absolute atomic E-state index is 0. The molecule has 1 amide bonds. The van der Waals surface area contributed by atoms with Gasteiger partial charge in [0.1, 0.15) is 0 Å². The van der Waals surface area contributed by atoms with Crippen molar-refractivity contribution in [3.8, 4) is 17.2 Å². The first kappa shape index (κ1) is 18.3. The molecule has 114 valence electrons. The van der Waals surface area contributed by atoms with E-state index in [0.717, 1.165) is 5.56 Å². The fourth-order valence-electron chi connectivity index (χ4n) is 1.77. The van der Waals surface area contributed by atoms with E-state index in [9.17, 15) is 4.79 Å². The van der Waals surface area contributed by atoms with Gasteiger partial charge < -0.3 is 25.3 Å². The van der Waals surface area contributed by atoms with E-state index in [0.29, 0.717) is 30.2 Å². The van der Waals surface area contributed by atoms with Crippen molar-refractivity contribution < 1.29 is 19.0 Å². The summed E-state index contributed by atoms with van der Waals surface area (Å²) in [5.74, 6) is 1.59. The Balaban J connectivity index is 0.00000361. The lowest BCUT2D eigenvalue weighted by molar-refractivity contribution is -0.119. The van der Waals surface area contributed by atoms with Crippen molar-refractivity contribution in [2.45, 2.75) is 6.42 Å². The molecular weight excluding hydrogens is 284 g/mol. The van der Waals surface area contributed by atoms with Crippen molar-refractivity contribution >= 4 is 18.3 Å². The molecular formula is C13H21ClN2O4. The summed E-state index contributed by atoms with van der Waals surface area (Å²) >= 11 is 0. The molecule has 0 fully saturated rings. The Kier molecular flexibility index (Phi) is 8.51. The number of rotatable bonds is 7. The standard InChI is InChI=1S/C13H20N2O4.ClH/c1-17-10-5-4-9(6-7-15-11(16)8-14)12(18-2)13(10)19-3;/h4-5H,6-8,14H2,1-3H3,(H,15,16);1H. The van der Waals surface area contributed by atoms with Crippen molar-refractivity contribution in [3.05, 3.63) is 17.7 Å². The van der Waals surface area contributed by atoms with Gasteiger partial charge in [-0.25, -0.2) is 0 Å². The predicted octanol–water partition coefficient (Wildman–Crippen LogP) is 0.752. The van der Waals surface area contributed by atoms with Gasteiger partial charge in [-0.1, -0.05) is 6.07 Å². The van der Waals surface area contributed by atoms with Gasteiger partial charge >= 0.3 is 0 Å². The van der Waals surface area contributed by atoms with E-state index in [1.54, 1.807) is 27.4 Å². The molecule has 1 aromatic carbocycles. The molecule has 0 unspecified atom stereocenters. The molecule has 0 aliphatic rings. The maximum atomic E-state index is 11.1. The van der Waals surface area contributed by atoms with Gasteiger partial charge in [0.15, 0.2) is 11.5 Å². The Hall–Kier alpha value is -1.66. The molecule has 1 aromatic rings. The monoisotopic (exact) mass is 304 g/mol. The number of hydrogen-bond acceptors (Lipinski definition) is 5. The van der Waals surface area contributed by atoms with E-state index in [2.05, 4.69) is 5.32 Å². The first-order valence-electron chi connectivity index (χ1n) is 5.92. The third-order valence-corrected chi connectivity index (χ3v) is 2.69. The highest BCUT2D eigenvalue weighted by molar-refractivity contribution is 5.85. The van der Waals surface area contributed by atoms with Crippen LogP contribution in [0.4, 0.5) is 0 Å². The second-order valence-electron chi connectivity index (χ2n) is 3.80. The van der Waals surface area contributed by atoms with Crippen molar-refractivity contribution in [1.82, 2.24) is 5.32 Å². The predicted molar refractivity (Wildman–Crippen MR) is 79.1 cm³/mol. The van der Waals surface area contributed by atoms with Gasteiger partial charge in [0.25, 0.3) is 0 Å². The van der Waals surface area contributed by atoms with Crippen LogP contribution in [-0.4, -0.2) is 40.3 Å². The van der Waals surface area contributed by atoms with Crippen LogP contribution < -0.4 is 25.3 Å². The number of carbonyl (C=O) groups is 1.